The average Bonchev–Trinajstić information content (AvgIpc) is 2.72. The van der Waals surface area contributed by atoms with E-state index in [0.29, 0.717) is 12.6 Å². The molecule has 0 aromatic heterocycles. The summed E-state index contributed by atoms with van der Waals surface area (Å²) in [6, 6.07) is 27.9. The van der Waals surface area contributed by atoms with Crippen LogP contribution in [0.3, 0.4) is 0 Å². The first-order chi connectivity index (χ1) is 13.2. The van der Waals surface area contributed by atoms with Crippen LogP contribution >= 0.6 is 0 Å². The van der Waals surface area contributed by atoms with E-state index in [1.807, 2.05) is 6.07 Å². The van der Waals surface area contributed by atoms with Gasteiger partial charge in [0, 0.05) is 12.6 Å². The molecular formula is C25H29NO. The van der Waals surface area contributed by atoms with Gasteiger partial charge in [-0.2, -0.15) is 0 Å². The molecule has 140 valence electrons. The van der Waals surface area contributed by atoms with Crippen LogP contribution in [0.25, 0.3) is 0 Å². The smallest absolute Gasteiger partial charge is 0.120 e. The molecule has 1 unspecified atom stereocenters. The fourth-order valence-corrected chi connectivity index (χ4v) is 3.20. The van der Waals surface area contributed by atoms with Crippen LogP contribution in [0.15, 0.2) is 78.9 Å². The molecule has 0 saturated heterocycles. The quantitative estimate of drug-likeness (QED) is 0.491. The van der Waals surface area contributed by atoms with Crippen molar-refractivity contribution < 1.29 is 4.74 Å². The Hall–Kier alpha value is -2.58. The third kappa shape index (κ3) is 5.97. The van der Waals surface area contributed by atoms with Crippen LogP contribution in [0.4, 0.5) is 0 Å². The zero-order chi connectivity index (χ0) is 18.9. The SMILES string of the molecule is CCCC(NCc1cccc(OCc2ccc(C)cc2)c1)c1ccccc1. The van der Waals surface area contributed by atoms with E-state index in [1.54, 1.807) is 0 Å². The highest BCUT2D eigenvalue weighted by Crippen LogP contribution is 2.20. The summed E-state index contributed by atoms with van der Waals surface area (Å²) in [4.78, 5) is 0. The van der Waals surface area contributed by atoms with Crippen molar-refractivity contribution in [2.24, 2.45) is 0 Å². The van der Waals surface area contributed by atoms with Crippen molar-refractivity contribution >= 4 is 0 Å². The Morgan fingerprint density at radius 1 is 0.852 bits per heavy atom. The summed E-state index contributed by atoms with van der Waals surface area (Å²) in [5, 5.41) is 3.70. The van der Waals surface area contributed by atoms with E-state index >= 15 is 0 Å². The van der Waals surface area contributed by atoms with Gasteiger partial charge in [-0.05, 0) is 42.2 Å². The lowest BCUT2D eigenvalue weighted by molar-refractivity contribution is 0.305. The maximum Gasteiger partial charge on any atom is 0.120 e. The van der Waals surface area contributed by atoms with Crippen LogP contribution < -0.4 is 10.1 Å². The molecule has 3 aromatic carbocycles. The molecule has 2 heteroatoms. The molecule has 0 radical (unpaired) electrons. The second-order valence-electron chi connectivity index (χ2n) is 7.05. The van der Waals surface area contributed by atoms with Crippen molar-refractivity contribution in [1.82, 2.24) is 5.32 Å². The largest absolute Gasteiger partial charge is 0.489 e. The topological polar surface area (TPSA) is 21.3 Å². The summed E-state index contributed by atoms with van der Waals surface area (Å²) in [6.07, 6.45) is 2.29. The maximum absolute atomic E-state index is 5.98. The van der Waals surface area contributed by atoms with Crippen molar-refractivity contribution in [1.29, 1.82) is 0 Å². The Morgan fingerprint density at radius 2 is 1.63 bits per heavy atom. The second kappa shape index (κ2) is 9.94. The van der Waals surface area contributed by atoms with Crippen LogP contribution in [0, 0.1) is 6.92 Å². The zero-order valence-corrected chi connectivity index (χ0v) is 16.3. The van der Waals surface area contributed by atoms with E-state index in [0.717, 1.165) is 25.1 Å². The monoisotopic (exact) mass is 359 g/mol. The third-order valence-electron chi connectivity index (χ3n) is 4.76. The molecule has 0 aliphatic heterocycles. The van der Waals surface area contributed by atoms with Gasteiger partial charge in [-0.15, -0.1) is 0 Å². The molecule has 1 N–H and O–H groups in total. The Morgan fingerprint density at radius 3 is 2.37 bits per heavy atom. The van der Waals surface area contributed by atoms with E-state index in [9.17, 15) is 0 Å². The first-order valence-corrected chi connectivity index (χ1v) is 9.80. The predicted octanol–water partition coefficient (Wildman–Crippen LogP) is 6.21. The Bertz CT molecular complexity index is 811. The Balaban J connectivity index is 1.58. The van der Waals surface area contributed by atoms with E-state index in [-0.39, 0.29) is 0 Å². The first-order valence-electron chi connectivity index (χ1n) is 9.80. The van der Waals surface area contributed by atoms with Crippen LogP contribution in [-0.4, -0.2) is 0 Å². The van der Waals surface area contributed by atoms with E-state index < -0.39 is 0 Å². The minimum absolute atomic E-state index is 0.383. The van der Waals surface area contributed by atoms with E-state index in [1.165, 1.54) is 22.3 Å². The van der Waals surface area contributed by atoms with Crippen molar-refractivity contribution in [2.45, 2.75) is 45.9 Å². The van der Waals surface area contributed by atoms with Gasteiger partial charge in [-0.25, -0.2) is 0 Å². The van der Waals surface area contributed by atoms with Gasteiger partial charge < -0.3 is 10.1 Å². The van der Waals surface area contributed by atoms with Crippen LogP contribution in [-0.2, 0) is 13.2 Å². The molecule has 1 atom stereocenters. The zero-order valence-electron chi connectivity index (χ0n) is 16.3. The lowest BCUT2D eigenvalue weighted by Crippen LogP contribution is -2.20. The summed E-state index contributed by atoms with van der Waals surface area (Å²) in [7, 11) is 0. The number of rotatable bonds is 9. The van der Waals surface area contributed by atoms with Gasteiger partial charge in [-0.3, -0.25) is 0 Å². The van der Waals surface area contributed by atoms with Gasteiger partial charge >= 0.3 is 0 Å². The molecule has 27 heavy (non-hydrogen) atoms. The summed E-state index contributed by atoms with van der Waals surface area (Å²) in [5.41, 5.74) is 5.06. The van der Waals surface area contributed by atoms with Gasteiger partial charge in [0.15, 0.2) is 0 Å². The van der Waals surface area contributed by atoms with Crippen molar-refractivity contribution in [3.8, 4) is 5.75 Å². The average molecular weight is 360 g/mol. The van der Waals surface area contributed by atoms with Gasteiger partial charge in [-0.1, -0.05) is 85.6 Å². The van der Waals surface area contributed by atoms with Gasteiger partial charge in [0.05, 0.1) is 0 Å². The number of hydrogen-bond acceptors (Lipinski definition) is 2. The molecule has 0 aliphatic carbocycles. The molecule has 0 heterocycles. The molecule has 2 nitrogen and oxygen atoms in total. The molecule has 3 aromatic rings. The second-order valence-corrected chi connectivity index (χ2v) is 7.05. The fraction of sp³-hybridized carbons (Fsp3) is 0.280. The Kier molecular flexibility index (Phi) is 7.06. The number of hydrogen-bond donors (Lipinski definition) is 1. The summed E-state index contributed by atoms with van der Waals surface area (Å²) < 4.78 is 5.98. The van der Waals surface area contributed by atoms with Crippen molar-refractivity contribution in [3.05, 3.63) is 101 Å². The van der Waals surface area contributed by atoms with E-state index in [2.05, 4.69) is 92.0 Å². The van der Waals surface area contributed by atoms with Crippen LogP contribution in [0.5, 0.6) is 5.75 Å². The van der Waals surface area contributed by atoms with Crippen molar-refractivity contribution in [2.75, 3.05) is 0 Å². The maximum atomic E-state index is 5.98. The molecule has 0 aliphatic rings. The fourth-order valence-electron chi connectivity index (χ4n) is 3.20. The normalized spacial score (nSPS) is 11.9. The third-order valence-corrected chi connectivity index (χ3v) is 4.76. The summed E-state index contributed by atoms with van der Waals surface area (Å²) in [5.74, 6) is 0.918. The minimum atomic E-state index is 0.383. The highest BCUT2D eigenvalue weighted by atomic mass is 16.5. The highest BCUT2D eigenvalue weighted by Gasteiger charge is 2.09. The number of aryl methyl sites for hydroxylation is 1. The van der Waals surface area contributed by atoms with Crippen molar-refractivity contribution in [3.63, 3.8) is 0 Å². The predicted molar refractivity (Wildman–Crippen MR) is 113 cm³/mol. The lowest BCUT2D eigenvalue weighted by Gasteiger charge is -2.19. The minimum Gasteiger partial charge on any atom is -0.489 e. The Labute approximate surface area is 163 Å². The number of nitrogens with one attached hydrogen (secondary N) is 1. The summed E-state index contributed by atoms with van der Waals surface area (Å²) >= 11 is 0. The number of benzene rings is 3. The molecule has 0 saturated carbocycles. The molecule has 0 spiro atoms. The molecule has 3 rings (SSSR count). The van der Waals surface area contributed by atoms with E-state index in [4.69, 9.17) is 4.74 Å². The lowest BCUT2D eigenvalue weighted by atomic mass is 10.0. The molecular weight excluding hydrogens is 330 g/mol. The van der Waals surface area contributed by atoms with Crippen LogP contribution in [0.1, 0.15) is 48.1 Å². The number of ether oxygens (including phenoxy) is 1. The first kappa shape index (κ1) is 19.2. The molecule has 0 fully saturated rings. The molecule has 0 amide bonds. The highest BCUT2D eigenvalue weighted by molar-refractivity contribution is 5.29. The molecule has 0 bridgehead atoms. The van der Waals surface area contributed by atoms with Gasteiger partial charge in [0.2, 0.25) is 0 Å². The summed E-state index contributed by atoms with van der Waals surface area (Å²) in [6.45, 7) is 5.76. The van der Waals surface area contributed by atoms with Gasteiger partial charge in [0.25, 0.3) is 0 Å². The standard InChI is InChI=1S/C25H29NO/c1-3-8-25(23-10-5-4-6-11-23)26-18-22-9-7-12-24(17-22)27-19-21-15-13-20(2)14-16-21/h4-7,9-17,25-26H,3,8,18-19H2,1-2H3. The van der Waals surface area contributed by atoms with Gasteiger partial charge in [0.1, 0.15) is 12.4 Å². The van der Waals surface area contributed by atoms with Crippen LogP contribution in [0.2, 0.25) is 0 Å².